The van der Waals surface area contributed by atoms with Crippen molar-refractivity contribution >= 4 is 27.5 Å². The lowest BCUT2D eigenvalue weighted by Gasteiger charge is -2.07. The minimum atomic E-state index is -0.0909. The number of hydrogen-bond acceptors (Lipinski definition) is 2. The molecule has 0 aromatic heterocycles. The minimum absolute atomic E-state index is 0.0909. The third kappa shape index (κ3) is 3.83. The molecule has 2 rings (SSSR count). The molecule has 98 valence electrons. The van der Waals surface area contributed by atoms with E-state index in [2.05, 4.69) is 21.2 Å². The van der Waals surface area contributed by atoms with Crippen LogP contribution in [0.3, 0.4) is 0 Å². The molecule has 0 radical (unpaired) electrons. The number of nitrogen functional groups attached to an aromatic ring is 1. The van der Waals surface area contributed by atoms with Crippen molar-refractivity contribution in [1.82, 2.24) is 5.32 Å². The summed E-state index contributed by atoms with van der Waals surface area (Å²) >= 11 is 3.39. The average Bonchev–Trinajstić information content (AvgIpc) is 2.35. The largest absolute Gasteiger partial charge is 0.399 e. The molecular formula is C15H15BrN2O. The van der Waals surface area contributed by atoms with E-state index in [1.165, 1.54) is 0 Å². The van der Waals surface area contributed by atoms with Gasteiger partial charge in [-0.2, -0.15) is 0 Å². The first-order valence-corrected chi connectivity index (χ1v) is 6.74. The summed E-state index contributed by atoms with van der Waals surface area (Å²) in [5, 5.41) is 2.88. The van der Waals surface area contributed by atoms with E-state index >= 15 is 0 Å². The smallest absolute Gasteiger partial charge is 0.251 e. The van der Waals surface area contributed by atoms with Crippen molar-refractivity contribution in [3.8, 4) is 0 Å². The third-order valence-corrected chi connectivity index (χ3v) is 3.17. The van der Waals surface area contributed by atoms with Crippen molar-refractivity contribution in [3.63, 3.8) is 0 Å². The summed E-state index contributed by atoms with van der Waals surface area (Å²) in [6, 6.07) is 13.1. The molecule has 0 aliphatic carbocycles. The second kappa shape index (κ2) is 5.89. The molecule has 1 amide bonds. The van der Waals surface area contributed by atoms with Crippen molar-refractivity contribution in [2.75, 3.05) is 5.73 Å². The molecule has 4 heteroatoms. The van der Waals surface area contributed by atoms with Crippen molar-refractivity contribution in [1.29, 1.82) is 0 Å². The standard InChI is InChI=1S/C15H15BrN2O/c1-10-5-12(8-13(16)6-10)15(19)18-9-11-3-2-4-14(17)7-11/h2-8H,9,17H2,1H3,(H,18,19). The molecule has 0 aliphatic rings. The van der Waals surface area contributed by atoms with E-state index in [1.807, 2.05) is 49.4 Å². The molecule has 0 heterocycles. The van der Waals surface area contributed by atoms with E-state index < -0.39 is 0 Å². The zero-order valence-electron chi connectivity index (χ0n) is 10.6. The highest BCUT2D eigenvalue weighted by atomic mass is 79.9. The summed E-state index contributed by atoms with van der Waals surface area (Å²) in [5.41, 5.74) is 9.08. The van der Waals surface area contributed by atoms with Crippen LogP contribution < -0.4 is 11.1 Å². The Morgan fingerprint density at radius 1 is 1.26 bits per heavy atom. The van der Waals surface area contributed by atoms with Crippen LogP contribution in [0.2, 0.25) is 0 Å². The molecule has 0 fully saturated rings. The molecule has 0 spiro atoms. The van der Waals surface area contributed by atoms with Crippen molar-refractivity contribution in [2.24, 2.45) is 0 Å². The first-order valence-electron chi connectivity index (χ1n) is 5.94. The Labute approximate surface area is 121 Å². The first kappa shape index (κ1) is 13.6. The van der Waals surface area contributed by atoms with Crippen LogP contribution in [0.5, 0.6) is 0 Å². The number of nitrogens with one attached hydrogen (secondary N) is 1. The molecule has 2 aromatic rings. The van der Waals surface area contributed by atoms with Gasteiger partial charge in [0.25, 0.3) is 5.91 Å². The topological polar surface area (TPSA) is 55.1 Å². The van der Waals surface area contributed by atoms with Gasteiger partial charge >= 0.3 is 0 Å². The van der Waals surface area contributed by atoms with E-state index in [0.29, 0.717) is 17.8 Å². The number of aryl methyl sites for hydroxylation is 1. The maximum absolute atomic E-state index is 12.0. The van der Waals surface area contributed by atoms with E-state index in [-0.39, 0.29) is 5.91 Å². The Bertz CT molecular complexity index is 591. The van der Waals surface area contributed by atoms with Gasteiger partial charge in [-0.15, -0.1) is 0 Å². The van der Waals surface area contributed by atoms with E-state index in [4.69, 9.17) is 5.73 Å². The summed E-state index contributed by atoms with van der Waals surface area (Å²) in [5.74, 6) is -0.0909. The fraction of sp³-hybridized carbons (Fsp3) is 0.133. The first-order chi connectivity index (χ1) is 9.04. The van der Waals surface area contributed by atoms with Crippen molar-refractivity contribution in [2.45, 2.75) is 13.5 Å². The highest BCUT2D eigenvalue weighted by Crippen LogP contribution is 2.15. The molecule has 3 N–H and O–H groups in total. The van der Waals surface area contributed by atoms with E-state index in [9.17, 15) is 4.79 Å². The Balaban J connectivity index is 2.05. The number of halogens is 1. The van der Waals surface area contributed by atoms with Crippen LogP contribution in [0.4, 0.5) is 5.69 Å². The highest BCUT2D eigenvalue weighted by Gasteiger charge is 2.06. The Morgan fingerprint density at radius 2 is 2.05 bits per heavy atom. The normalized spacial score (nSPS) is 10.2. The molecule has 0 aliphatic heterocycles. The zero-order chi connectivity index (χ0) is 13.8. The maximum Gasteiger partial charge on any atom is 0.251 e. The van der Waals surface area contributed by atoms with Gasteiger partial charge < -0.3 is 11.1 Å². The predicted octanol–water partition coefficient (Wildman–Crippen LogP) is 3.27. The second-order valence-electron chi connectivity index (χ2n) is 4.44. The fourth-order valence-corrected chi connectivity index (χ4v) is 2.46. The number of rotatable bonds is 3. The third-order valence-electron chi connectivity index (χ3n) is 2.71. The molecule has 0 bridgehead atoms. The monoisotopic (exact) mass is 318 g/mol. The molecule has 0 saturated heterocycles. The van der Waals surface area contributed by atoms with Crippen LogP contribution in [0, 0.1) is 6.92 Å². The van der Waals surface area contributed by atoms with Gasteiger partial charge in [-0.25, -0.2) is 0 Å². The van der Waals surface area contributed by atoms with Crippen molar-refractivity contribution < 1.29 is 4.79 Å². The number of nitrogens with two attached hydrogens (primary N) is 1. The Hall–Kier alpha value is -1.81. The fourth-order valence-electron chi connectivity index (χ4n) is 1.85. The minimum Gasteiger partial charge on any atom is -0.399 e. The van der Waals surface area contributed by atoms with Crippen LogP contribution >= 0.6 is 15.9 Å². The summed E-state index contributed by atoms with van der Waals surface area (Å²) in [6.07, 6.45) is 0. The van der Waals surface area contributed by atoms with Gasteiger partial charge in [-0.1, -0.05) is 28.1 Å². The maximum atomic E-state index is 12.0. The summed E-state index contributed by atoms with van der Waals surface area (Å²) in [4.78, 5) is 12.0. The number of hydrogen-bond donors (Lipinski definition) is 2. The van der Waals surface area contributed by atoms with E-state index in [1.54, 1.807) is 0 Å². The number of anilines is 1. The molecule has 0 unspecified atom stereocenters. The van der Waals surface area contributed by atoms with Gasteiger partial charge in [-0.05, 0) is 48.4 Å². The number of amides is 1. The van der Waals surface area contributed by atoms with Gasteiger partial charge in [0.2, 0.25) is 0 Å². The second-order valence-corrected chi connectivity index (χ2v) is 5.36. The van der Waals surface area contributed by atoms with Gasteiger partial charge in [0.1, 0.15) is 0 Å². The van der Waals surface area contributed by atoms with E-state index in [0.717, 1.165) is 15.6 Å². The quantitative estimate of drug-likeness (QED) is 0.853. The van der Waals surface area contributed by atoms with Crippen LogP contribution in [0.15, 0.2) is 46.9 Å². The lowest BCUT2D eigenvalue weighted by molar-refractivity contribution is 0.0950. The molecule has 0 atom stereocenters. The average molecular weight is 319 g/mol. The Morgan fingerprint density at radius 3 is 2.74 bits per heavy atom. The Kier molecular flexibility index (Phi) is 4.22. The predicted molar refractivity (Wildman–Crippen MR) is 80.9 cm³/mol. The van der Waals surface area contributed by atoms with Crippen LogP contribution in [0.25, 0.3) is 0 Å². The lowest BCUT2D eigenvalue weighted by atomic mass is 10.1. The number of carbonyl (C=O) groups is 1. The van der Waals surface area contributed by atoms with Gasteiger partial charge in [-0.3, -0.25) is 4.79 Å². The molecule has 2 aromatic carbocycles. The van der Waals surface area contributed by atoms with Gasteiger partial charge in [0, 0.05) is 22.3 Å². The van der Waals surface area contributed by atoms with Crippen molar-refractivity contribution in [3.05, 3.63) is 63.6 Å². The SMILES string of the molecule is Cc1cc(Br)cc(C(=O)NCc2cccc(N)c2)c1. The number of carbonyl (C=O) groups excluding carboxylic acids is 1. The van der Waals surface area contributed by atoms with Gasteiger partial charge in [0.05, 0.1) is 0 Å². The lowest BCUT2D eigenvalue weighted by Crippen LogP contribution is -2.22. The molecule has 19 heavy (non-hydrogen) atoms. The molecule has 3 nitrogen and oxygen atoms in total. The number of benzene rings is 2. The van der Waals surface area contributed by atoms with Crippen LogP contribution in [-0.4, -0.2) is 5.91 Å². The molecular weight excluding hydrogens is 304 g/mol. The summed E-state index contributed by atoms with van der Waals surface area (Å²) in [7, 11) is 0. The summed E-state index contributed by atoms with van der Waals surface area (Å²) < 4.78 is 0.904. The summed E-state index contributed by atoms with van der Waals surface area (Å²) in [6.45, 7) is 2.43. The zero-order valence-corrected chi connectivity index (χ0v) is 12.2. The van der Waals surface area contributed by atoms with Crippen LogP contribution in [0.1, 0.15) is 21.5 Å². The van der Waals surface area contributed by atoms with Gasteiger partial charge in [0.15, 0.2) is 0 Å². The van der Waals surface area contributed by atoms with Crippen LogP contribution in [-0.2, 0) is 6.54 Å². The highest BCUT2D eigenvalue weighted by molar-refractivity contribution is 9.10. The molecule has 0 saturated carbocycles.